The van der Waals surface area contributed by atoms with Gasteiger partial charge in [-0.05, 0) is 42.0 Å². The second-order valence-corrected chi connectivity index (χ2v) is 5.43. The molecule has 20 heavy (non-hydrogen) atoms. The summed E-state index contributed by atoms with van der Waals surface area (Å²) in [5, 5.41) is 11.7. The summed E-state index contributed by atoms with van der Waals surface area (Å²) in [6.07, 6.45) is 1.49. The number of guanidine groups is 1. The van der Waals surface area contributed by atoms with Crippen molar-refractivity contribution >= 4 is 45.9 Å². The molecule has 104 valence electrons. The van der Waals surface area contributed by atoms with E-state index < -0.39 is 0 Å². The maximum atomic E-state index is 6.06. The highest BCUT2D eigenvalue weighted by atomic mass is 35.5. The third-order valence-corrected chi connectivity index (χ3v) is 3.66. The number of rotatable bonds is 4. The van der Waals surface area contributed by atoms with Gasteiger partial charge in [0, 0.05) is 0 Å². The van der Waals surface area contributed by atoms with E-state index >= 15 is 0 Å². The summed E-state index contributed by atoms with van der Waals surface area (Å²) in [5.41, 5.74) is 12.5. The van der Waals surface area contributed by atoms with Gasteiger partial charge in [0.2, 0.25) is 11.1 Å². The molecular weight excluding hydrogens is 296 g/mol. The predicted octanol–water partition coefficient (Wildman–Crippen LogP) is 1.87. The van der Waals surface area contributed by atoms with Crippen molar-refractivity contribution in [2.75, 3.05) is 5.32 Å². The van der Waals surface area contributed by atoms with Gasteiger partial charge in [0.25, 0.3) is 0 Å². The maximum Gasteiger partial charge on any atom is 0.338 e. The minimum atomic E-state index is -0.101. The molecule has 6 nitrogen and oxygen atoms in total. The number of hydrogen-bond acceptors (Lipinski definition) is 4. The minimum absolute atomic E-state index is 0.101. The van der Waals surface area contributed by atoms with E-state index in [4.69, 9.17) is 23.1 Å². The lowest BCUT2D eigenvalue weighted by atomic mass is 10.2. The second-order valence-electron chi connectivity index (χ2n) is 3.99. The van der Waals surface area contributed by atoms with Crippen molar-refractivity contribution in [2.45, 2.75) is 6.92 Å². The number of benzene rings is 1. The number of anilines is 2. The van der Waals surface area contributed by atoms with Crippen LogP contribution in [0.4, 0.5) is 10.8 Å². The summed E-state index contributed by atoms with van der Waals surface area (Å²) in [6, 6.07) is 8.03. The van der Waals surface area contributed by atoms with Crippen molar-refractivity contribution in [3.8, 4) is 0 Å². The summed E-state index contributed by atoms with van der Waals surface area (Å²) in [6.45, 7) is 2.04. The van der Waals surface area contributed by atoms with Crippen LogP contribution in [0.25, 0.3) is 0 Å². The van der Waals surface area contributed by atoms with Gasteiger partial charge in [0.15, 0.2) is 0 Å². The van der Waals surface area contributed by atoms with Gasteiger partial charge in [-0.15, -0.1) is 5.10 Å². The number of hydrogen-bond donors (Lipinski definition) is 3. The van der Waals surface area contributed by atoms with Gasteiger partial charge in [-0.25, -0.2) is 10.3 Å². The van der Waals surface area contributed by atoms with Crippen LogP contribution in [0.15, 0.2) is 34.5 Å². The Bertz CT molecular complexity index is 642. The molecule has 0 aliphatic heterocycles. The lowest BCUT2D eigenvalue weighted by molar-refractivity contribution is -0.351. The molecule has 0 saturated heterocycles. The van der Waals surface area contributed by atoms with E-state index in [0.717, 1.165) is 15.7 Å². The van der Waals surface area contributed by atoms with Gasteiger partial charge in [0.05, 0.1) is 6.21 Å². The molecule has 1 heterocycles. The fourth-order valence-electron chi connectivity index (χ4n) is 1.40. The number of aromatic amines is 1. The Morgan fingerprint density at radius 2 is 2.05 bits per heavy atom. The zero-order chi connectivity index (χ0) is 14.5. The number of halogens is 1. The van der Waals surface area contributed by atoms with Gasteiger partial charge in [-0.3, -0.25) is 0 Å². The van der Waals surface area contributed by atoms with Crippen molar-refractivity contribution in [1.29, 1.82) is 0 Å². The summed E-state index contributed by atoms with van der Waals surface area (Å²) in [7, 11) is 0. The molecule has 0 aliphatic carbocycles. The molecule has 0 radical (unpaired) electrons. The Balaban J connectivity index is 2.12. The smallest absolute Gasteiger partial charge is 0.338 e. The number of nitrogens with zero attached hydrogens (tertiary/aromatic N) is 2. The van der Waals surface area contributed by atoms with Crippen LogP contribution < -0.4 is 21.8 Å². The Kier molecular flexibility index (Phi) is 4.54. The molecule has 1 aromatic heterocycles. The molecule has 0 fully saturated rings. The molecule has 0 aliphatic rings. The first-order chi connectivity index (χ1) is 9.54. The number of nitrogens with two attached hydrogens (primary N) is 2. The van der Waals surface area contributed by atoms with Gasteiger partial charge >= 0.3 is 5.13 Å². The van der Waals surface area contributed by atoms with Crippen LogP contribution in [0.5, 0.6) is 0 Å². The molecule has 1 aromatic carbocycles. The molecule has 0 bridgehead atoms. The first kappa shape index (κ1) is 14.3. The zero-order valence-electron chi connectivity index (χ0n) is 10.7. The average Bonchev–Trinajstić information content (AvgIpc) is 2.72. The van der Waals surface area contributed by atoms with Crippen LogP contribution in [-0.4, -0.2) is 12.2 Å². The fourth-order valence-corrected chi connectivity index (χ4v) is 2.49. The van der Waals surface area contributed by atoms with E-state index in [1.54, 1.807) is 0 Å². The number of thiazole rings is 1. The number of nitrogens with one attached hydrogen (secondary N) is 2. The lowest BCUT2D eigenvalue weighted by Crippen LogP contribution is -2.21. The molecule has 0 spiro atoms. The quantitative estimate of drug-likeness (QED) is 0.456. The summed E-state index contributed by atoms with van der Waals surface area (Å²) in [5.74, 6) is -0.101. The van der Waals surface area contributed by atoms with Crippen LogP contribution in [-0.2, 0) is 0 Å². The third-order valence-electron chi connectivity index (χ3n) is 2.31. The van der Waals surface area contributed by atoms with Crippen LogP contribution in [0.2, 0.25) is 5.15 Å². The topological polar surface area (TPSA) is 103 Å². The highest BCUT2D eigenvalue weighted by Crippen LogP contribution is 2.24. The molecule has 0 saturated carbocycles. The highest BCUT2D eigenvalue weighted by Gasteiger charge is 2.13. The normalized spacial score (nSPS) is 10.7. The number of aromatic nitrogens is 1. The van der Waals surface area contributed by atoms with E-state index in [9.17, 15) is 0 Å². The SMILES string of the molecule is Cc1ccc(Nc2[nH+]c(Cl)c(/C=N/N=C(N)N)s2)cc1. The number of aryl methyl sites for hydroxylation is 1. The minimum Gasteiger partial charge on any atom is -0.369 e. The molecule has 6 N–H and O–H groups in total. The highest BCUT2D eigenvalue weighted by molar-refractivity contribution is 7.17. The van der Waals surface area contributed by atoms with Crippen molar-refractivity contribution in [3.05, 3.63) is 39.9 Å². The zero-order valence-corrected chi connectivity index (χ0v) is 12.3. The molecule has 8 heteroatoms. The Hall–Kier alpha value is -2.12. The van der Waals surface area contributed by atoms with Crippen LogP contribution in [0.1, 0.15) is 10.4 Å². The summed E-state index contributed by atoms with van der Waals surface area (Å²) < 4.78 is 0. The average molecular weight is 310 g/mol. The second kappa shape index (κ2) is 6.36. The van der Waals surface area contributed by atoms with Gasteiger partial charge < -0.3 is 11.5 Å². The molecule has 0 atom stereocenters. The van der Waals surface area contributed by atoms with Gasteiger partial charge in [-0.2, -0.15) is 5.10 Å². The molecule has 2 rings (SSSR count). The first-order valence-electron chi connectivity index (χ1n) is 5.72. The summed E-state index contributed by atoms with van der Waals surface area (Å²) in [4.78, 5) is 3.74. The molecule has 2 aromatic rings. The maximum absolute atomic E-state index is 6.06. The largest absolute Gasteiger partial charge is 0.369 e. The fraction of sp³-hybridized carbons (Fsp3) is 0.0833. The Morgan fingerprint density at radius 3 is 2.70 bits per heavy atom. The molecule has 0 amide bonds. The third kappa shape index (κ3) is 3.94. The molecular formula is C12H14ClN6S+. The van der Waals surface area contributed by atoms with Crippen molar-refractivity contribution < 1.29 is 4.98 Å². The summed E-state index contributed by atoms with van der Waals surface area (Å²) >= 11 is 7.48. The van der Waals surface area contributed by atoms with Crippen LogP contribution in [0, 0.1) is 6.92 Å². The van der Waals surface area contributed by atoms with E-state index in [1.165, 1.54) is 23.1 Å². The van der Waals surface area contributed by atoms with Crippen LogP contribution >= 0.6 is 22.9 Å². The van der Waals surface area contributed by atoms with Crippen molar-refractivity contribution in [2.24, 2.45) is 21.7 Å². The van der Waals surface area contributed by atoms with E-state index in [-0.39, 0.29) is 5.96 Å². The Labute approximate surface area is 125 Å². The van der Waals surface area contributed by atoms with Gasteiger partial charge in [0.1, 0.15) is 10.6 Å². The van der Waals surface area contributed by atoms with Crippen LogP contribution in [0.3, 0.4) is 0 Å². The predicted molar refractivity (Wildman–Crippen MR) is 83.8 cm³/mol. The van der Waals surface area contributed by atoms with Crippen molar-refractivity contribution in [1.82, 2.24) is 0 Å². The van der Waals surface area contributed by atoms with E-state index in [2.05, 4.69) is 20.5 Å². The standard InChI is InChI=1S/C12H13ClN6S/c1-7-2-4-8(5-3-7)17-12-18-10(13)9(20-12)6-16-19-11(14)15/h2-6H,1H3,(H,17,18)(H4,14,15,19)/p+1/b16-6+. The monoisotopic (exact) mass is 309 g/mol. The van der Waals surface area contributed by atoms with Crippen molar-refractivity contribution in [3.63, 3.8) is 0 Å². The van der Waals surface area contributed by atoms with E-state index in [0.29, 0.717) is 5.15 Å². The number of H-pyrrole nitrogens is 1. The van der Waals surface area contributed by atoms with Gasteiger partial charge in [-0.1, -0.05) is 17.7 Å². The molecule has 0 unspecified atom stereocenters. The van der Waals surface area contributed by atoms with E-state index in [1.807, 2.05) is 31.2 Å². The Morgan fingerprint density at radius 1 is 1.35 bits per heavy atom. The first-order valence-corrected chi connectivity index (χ1v) is 6.91. The lowest BCUT2D eigenvalue weighted by Gasteiger charge is -1.95.